The molecule has 124 valence electrons. The molecule has 0 bridgehead atoms. The first-order valence-corrected chi connectivity index (χ1v) is 7.88. The zero-order valence-corrected chi connectivity index (χ0v) is 13.6. The Morgan fingerprint density at radius 2 is 2.08 bits per heavy atom. The standard InChI is InChI=1S/C18H16N6O/c1-24-18(21-22-23-24)12-5-4-6-14(9-12)20-17(25)10-13-11-19-16-8-3-2-7-15(13)16/h2-9,11,19H,10H2,1H3,(H,20,25). The summed E-state index contributed by atoms with van der Waals surface area (Å²) in [7, 11) is 1.78. The Morgan fingerprint density at radius 1 is 1.20 bits per heavy atom. The topological polar surface area (TPSA) is 88.5 Å². The number of carbonyl (C=O) groups is 1. The molecule has 2 N–H and O–H groups in total. The zero-order valence-electron chi connectivity index (χ0n) is 13.6. The number of fused-ring (bicyclic) bond motifs is 1. The number of aromatic amines is 1. The largest absolute Gasteiger partial charge is 0.361 e. The van der Waals surface area contributed by atoms with Crippen LogP contribution >= 0.6 is 0 Å². The van der Waals surface area contributed by atoms with Gasteiger partial charge in [0, 0.05) is 35.4 Å². The van der Waals surface area contributed by atoms with Crippen LogP contribution in [0.25, 0.3) is 22.3 Å². The summed E-state index contributed by atoms with van der Waals surface area (Å²) in [6, 6.07) is 15.4. The van der Waals surface area contributed by atoms with Crippen molar-refractivity contribution in [2.45, 2.75) is 6.42 Å². The van der Waals surface area contributed by atoms with Crippen LogP contribution in [0.1, 0.15) is 5.56 Å². The van der Waals surface area contributed by atoms with E-state index in [1.54, 1.807) is 11.7 Å². The molecule has 0 saturated carbocycles. The number of hydrogen-bond donors (Lipinski definition) is 2. The highest BCUT2D eigenvalue weighted by Gasteiger charge is 2.10. The molecule has 0 radical (unpaired) electrons. The summed E-state index contributed by atoms with van der Waals surface area (Å²) < 4.78 is 1.59. The van der Waals surface area contributed by atoms with E-state index in [4.69, 9.17) is 0 Å². The molecule has 0 atom stereocenters. The minimum Gasteiger partial charge on any atom is -0.361 e. The van der Waals surface area contributed by atoms with Gasteiger partial charge in [0.15, 0.2) is 5.82 Å². The van der Waals surface area contributed by atoms with Crippen LogP contribution in [0.2, 0.25) is 0 Å². The van der Waals surface area contributed by atoms with Crippen molar-refractivity contribution in [2.75, 3.05) is 5.32 Å². The molecular formula is C18H16N6O. The predicted molar refractivity (Wildman–Crippen MR) is 94.9 cm³/mol. The molecule has 7 heteroatoms. The van der Waals surface area contributed by atoms with Crippen LogP contribution in [0.15, 0.2) is 54.7 Å². The summed E-state index contributed by atoms with van der Waals surface area (Å²) in [6.07, 6.45) is 2.19. The van der Waals surface area contributed by atoms with Gasteiger partial charge in [0.1, 0.15) is 0 Å². The number of amides is 1. The summed E-state index contributed by atoms with van der Waals surface area (Å²) in [4.78, 5) is 15.6. The minimum absolute atomic E-state index is 0.0713. The second-order valence-electron chi connectivity index (χ2n) is 5.79. The fourth-order valence-electron chi connectivity index (χ4n) is 2.87. The average molecular weight is 332 g/mol. The number of tetrazole rings is 1. The summed E-state index contributed by atoms with van der Waals surface area (Å²) >= 11 is 0. The molecule has 0 aliphatic rings. The van der Waals surface area contributed by atoms with Gasteiger partial charge in [-0.15, -0.1) is 5.10 Å². The van der Waals surface area contributed by atoms with Gasteiger partial charge in [-0.05, 0) is 34.2 Å². The van der Waals surface area contributed by atoms with Crippen LogP contribution in [-0.2, 0) is 18.3 Å². The first kappa shape index (κ1) is 15.1. The molecule has 2 heterocycles. The van der Waals surface area contributed by atoms with E-state index in [-0.39, 0.29) is 5.91 Å². The van der Waals surface area contributed by atoms with Crippen LogP contribution in [-0.4, -0.2) is 31.1 Å². The molecule has 1 amide bonds. The Morgan fingerprint density at radius 3 is 2.92 bits per heavy atom. The molecule has 4 aromatic rings. The molecule has 0 fully saturated rings. The number of carbonyl (C=O) groups excluding carboxylic acids is 1. The van der Waals surface area contributed by atoms with Gasteiger partial charge in [0.05, 0.1) is 6.42 Å². The fourth-order valence-corrected chi connectivity index (χ4v) is 2.87. The Hall–Kier alpha value is -3.48. The van der Waals surface area contributed by atoms with Gasteiger partial charge in [0.2, 0.25) is 5.91 Å². The number of nitrogens with one attached hydrogen (secondary N) is 2. The number of benzene rings is 2. The summed E-state index contributed by atoms with van der Waals surface area (Å²) in [5.41, 5.74) is 3.56. The molecule has 4 rings (SSSR count). The van der Waals surface area contributed by atoms with Crippen molar-refractivity contribution < 1.29 is 4.79 Å². The third kappa shape index (κ3) is 2.99. The van der Waals surface area contributed by atoms with Crippen LogP contribution in [0, 0.1) is 0 Å². The van der Waals surface area contributed by atoms with Crippen molar-refractivity contribution in [2.24, 2.45) is 7.05 Å². The molecular weight excluding hydrogens is 316 g/mol. The van der Waals surface area contributed by atoms with E-state index in [0.29, 0.717) is 17.9 Å². The molecule has 0 saturated heterocycles. The minimum atomic E-state index is -0.0713. The highest BCUT2D eigenvalue weighted by Crippen LogP contribution is 2.21. The maximum absolute atomic E-state index is 12.4. The first-order valence-electron chi connectivity index (χ1n) is 7.88. The van der Waals surface area contributed by atoms with Crippen molar-refractivity contribution in [3.63, 3.8) is 0 Å². The normalized spacial score (nSPS) is 10.9. The van der Waals surface area contributed by atoms with Gasteiger partial charge in [-0.2, -0.15) is 0 Å². The van der Waals surface area contributed by atoms with Crippen LogP contribution in [0.4, 0.5) is 5.69 Å². The molecule has 2 aromatic carbocycles. The fraction of sp³-hybridized carbons (Fsp3) is 0.111. The number of para-hydroxylation sites is 1. The summed E-state index contributed by atoms with van der Waals surface area (Å²) in [5, 5.41) is 15.5. The highest BCUT2D eigenvalue weighted by atomic mass is 16.1. The Labute approximate surface area is 143 Å². The SMILES string of the molecule is Cn1nnnc1-c1cccc(NC(=O)Cc2c[nH]c3ccccc23)c1. The van der Waals surface area contributed by atoms with Crippen molar-refractivity contribution in [1.29, 1.82) is 0 Å². The van der Waals surface area contributed by atoms with Gasteiger partial charge in [0.25, 0.3) is 0 Å². The maximum atomic E-state index is 12.4. The maximum Gasteiger partial charge on any atom is 0.228 e. The number of rotatable bonds is 4. The third-order valence-corrected chi connectivity index (χ3v) is 4.05. The second-order valence-corrected chi connectivity index (χ2v) is 5.79. The van der Waals surface area contributed by atoms with E-state index in [0.717, 1.165) is 22.0 Å². The summed E-state index contributed by atoms with van der Waals surface area (Å²) in [6.45, 7) is 0. The van der Waals surface area contributed by atoms with E-state index in [9.17, 15) is 4.79 Å². The molecule has 0 aliphatic carbocycles. The van der Waals surface area contributed by atoms with E-state index in [1.807, 2.05) is 54.7 Å². The van der Waals surface area contributed by atoms with Gasteiger partial charge in [-0.3, -0.25) is 4.79 Å². The van der Waals surface area contributed by atoms with E-state index >= 15 is 0 Å². The Balaban J connectivity index is 1.52. The first-order chi connectivity index (χ1) is 12.2. The summed E-state index contributed by atoms with van der Waals surface area (Å²) in [5.74, 6) is 0.575. The molecule has 25 heavy (non-hydrogen) atoms. The number of hydrogen-bond acceptors (Lipinski definition) is 4. The Kier molecular flexibility index (Phi) is 3.74. The monoisotopic (exact) mass is 332 g/mol. The molecule has 0 spiro atoms. The van der Waals surface area contributed by atoms with Gasteiger partial charge in [-0.1, -0.05) is 30.3 Å². The highest BCUT2D eigenvalue weighted by molar-refractivity contribution is 5.96. The smallest absolute Gasteiger partial charge is 0.228 e. The van der Waals surface area contributed by atoms with Gasteiger partial charge in [-0.25, -0.2) is 4.68 Å². The van der Waals surface area contributed by atoms with Crippen molar-refractivity contribution >= 4 is 22.5 Å². The van der Waals surface area contributed by atoms with Gasteiger partial charge >= 0.3 is 0 Å². The lowest BCUT2D eigenvalue weighted by Gasteiger charge is -2.07. The molecule has 0 unspecified atom stereocenters. The molecule has 0 aliphatic heterocycles. The lowest BCUT2D eigenvalue weighted by molar-refractivity contribution is -0.115. The lowest BCUT2D eigenvalue weighted by Crippen LogP contribution is -2.14. The number of nitrogens with zero attached hydrogens (tertiary/aromatic N) is 4. The second kappa shape index (κ2) is 6.20. The third-order valence-electron chi connectivity index (χ3n) is 4.05. The number of aryl methyl sites for hydroxylation is 1. The predicted octanol–water partition coefficient (Wildman–Crippen LogP) is 2.54. The number of H-pyrrole nitrogens is 1. The van der Waals surface area contributed by atoms with Crippen molar-refractivity contribution in [3.8, 4) is 11.4 Å². The Bertz CT molecular complexity index is 1050. The molecule has 2 aromatic heterocycles. The van der Waals surface area contributed by atoms with E-state index in [1.165, 1.54) is 0 Å². The van der Waals surface area contributed by atoms with Crippen LogP contribution in [0.3, 0.4) is 0 Å². The number of aromatic nitrogens is 5. The van der Waals surface area contributed by atoms with Crippen molar-refractivity contribution in [3.05, 3.63) is 60.3 Å². The average Bonchev–Trinajstić information content (AvgIpc) is 3.22. The quantitative estimate of drug-likeness (QED) is 0.601. The van der Waals surface area contributed by atoms with Gasteiger partial charge < -0.3 is 10.3 Å². The molecule has 7 nitrogen and oxygen atoms in total. The van der Waals surface area contributed by atoms with Crippen LogP contribution < -0.4 is 5.32 Å². The van der Waals surface area contributed by atoms with E-state index in [2.05, 4.69) is 25.8 Å². The lowest BCUT2D eigenvalue weighted by atomic mass is 10.1. The van der Waals surface area contributed by atoms with Crippen LogP contribution in [0.5, 0.6) is 0 Å². The number of anilines is 1. The van der Waals surface area contributed by atoms with Crippen molar-refractivity contribution in [1.82, 2.24) is 25.2 Å². The zero-order chi connectivity index (χ0) is 17.2. The van der Waals surface area contributed by atoms with E-state index < -0.39 is 0 Å².